The van der Waals surface area contributed by atoms with E-state index in [2.05, 4.69) is 64.4 Å². The third kappa shape index (κ3) is 2.98. The Labute approximate surface area is 145 Å². The highest BCUT2D eigenvalue weighted by atomic mass is 16.5. The second kappa shape index (κ2) is 6.40. The van der Waals surface area contributed by atoms with Crippen LogP contribution >= 0.6 is 0 Å². The number of aromatic nitrogens is 3. The van der Waals surface area contributed by atoms with Gasteiger partial charge >= 0.3 is 0 Å². The largest absolute Gasteiger partial charge is 0.494 e. The van der Waals surface area contributed by atoms with Crippen LogP contribution in [0.3, 0.4) is 0 Å². The molecule has 4 nitrogen and oxygen atoms in total. The van der Waals surface area contributed by atoms with Crippen LogP contribution in [0.1, 0.15) is 19.0 Å². The lowest BCUT2D eigenvalue weighted by Crippen LogP contribution is -2.09. The lowest BCUT2D eigenvalue weighted by Gasteiger charge is -1.95. The normalized spacial score (nSPS) is 13.0. The third-order valence-corrected chi connectivity index (χ3v) is 4.31. The van der Waals surface area contributed by atoms with Gasteiger partial charge in [-0.25, -0.2) is 0 Å². The summed E-state index contributed by atoms with van der Waals surface area (Å²) in [5.41, 5.74) is 4.12. The van der Waals surface area contributed by atoms with Gasteiger partial charge in [-0.15, -0.1) is 0 Å². The summed E-state index contributed by atoms with van der Waals surface area (Å²) in [6.07, 6.45) is 5.24. The molecular weight excluding hydrogens is 310 g/mol. The lowest BCUT2D eigenvalue weighted by molar-refractivity contribution is 0.414. The molecule has 1 aromatic carbocycles. The maximum atomic E-state index is 5.55. The first-order chi connectivity index (χ1) is 12.3. The molecule has 0 saturated carbocycles. The number of aromatic amines is 3. The van der Waals surface area contributed by atoms with Gasteiger partial charge in [0, 0.05) is 27.7 Å². The van der Waals surface area contributed by atoms with Crippen LogP contribution in [0.5, 0.6) is 5.75 Å². The van der Waals surface area contributed by atoms with E-state index in [0.717, 1.165) is 45.5 Å². The minimum Gasteiger partial charge on any atom is -0.494 e. The quantitative estimate of drug-likeness (QED) is 0.526. The summed E-state index contributed by atoms with van der Waals surface area (Å²) in [7, 11) is 1.69. The summed E-state index contributed by atoms with van der Waals surface area (Å²) in [6.45, 7) is 2.13. The maximum Gasteiger partial charge on any atom is 0.144 e. The standard InChI is InChI=1S/C21H21N3O/c1-3-6-15-9-10-16(22-15)12-20-21(25-2)13-19(24-20)18-11-14-7-4-5-8-17(14)23-18/h4-13,22-24H,3H2,1-2H3. The molecule has 0 radical (unpaired) electrons. The van der Waals surface area contributed by atoms with Gasteiger partial charge in [-0.05, 0) is 36.8 Å². The SMILES string of the molecule is CCC=c1ccc(=Cc2[nH]c(-c3cc4ccccc4[nH]3)cc2OC)[nH]1. The van der Waals surface area contributed by atoms with Gasteiger partial charge < -0.3 is 19.7 Å². The monoisotopic (exact) mass is 331 g/mol. The van der Waals surface area contributed by atoms with E-state index in [1.807, 2.05) is 18.2 Å². The Morgan fingerprint density at radius 3 is 2.52 bits per heavy atom. The lowest BCUT2D eigenvalue weighted by atomic mass is 10.2. The molecule has 0 aliphatic heterocycles. The predicted octanol–water partition coefficient (Wildman–Crippen LogP) is 3.52. The van der Waals surface area contributed by atoms with Crippen LogP contribution in [0.4, 0.5) is 0 Å². The molecule has 4 aromatic rings. The molecule has 3 aromatic heterocycles. The van der Waals surface area contributed by atoms with E-state index < -0.39 is 0 Å². The average molecular weight is 331 g/mol. The van der Waals surface area contributed by atoms with Crippen molar-refractivity contribution in [1.29, 1.82) is 0 Å². The van der Waals surface area contributed by atoms with Crippen LogP contribution in [-0.2, 0) is 0 Å². The van der Waals surface area contributed by atoms with Crippen molar-refractivity contribution < 1.29 is 4.74 Å². The topological polar surface area (TPSA) is 56.6 Å². The molecule has 0 bridgehead atoms. The fourth-order valence-corrected chi connectivity index (χ4v) is 3.10. The van der Waals surface area contributed by atoms with Crippen molar-refractivity contribution in [3.63, 3.8) is 0 Å². The van der Waals surface area contributed by atoms with Gasteiger partial charge in [-0.2, -0.15) is 0 Å². The van der Waals surface area contributed by atoms with Crippen molar-refractivity contribution in [3.8, 4) is 17.1 Å². The van der Waals surface area contributed by atoms with E-state index in [9.17, 15) is 0 Å². The van der Waals surface area contributed by atoms with E-state index in [1.54, 1.807) is 7.11 Å². The van der Waals surface area contributed by atoms with Gasteiger partial charge in [0.05, 0.1) is 24.2 Å². The summed E-state index contributed by atoms with van der Waals surface area (Å²) in [6, 6.07) is 16.6. The van der Waals surface area contributed by atoms with Crippen LogP contribution in [0.2, 0.25) is 0 Å². The van der Waals surface area contributed by atoms with Crippen LogP contribution in [0.15, 0.2) is 48.5 Å². The van der Waals surface area contributed by atoms with Gasteiger partial charge in [-0.1, -0.05) is 31.2 Å². The van der Waals surface area contributed by atoms with Crippen LogP contribution < -0.4 is 15.4 Å². The second-order valence-corrected chi connectivity index (χ2v) is 6.06. The zero-order valence-corrected chi connectivity index (χ0v) is 14.4. The maximum absolute atomic E-state index is 5.55. The molecule has 0 unspecified atom stereocenters. The van der Waals surface area contributed by atoms with Crippen LogP contribution in [-0.4, -0.2) is 22.1 Å². The zero-order valence-electron chi connectivity index (χ0n) is 14.4. The predicted molar refractivity (Wildman–Crippen MR) is 103 cm³/mol. The number of benzene rings is 1. The van der Waals surface area contributed by atoms with Crippen molar-refractivity contribution in [2.24, 2.45) is 0 Å². The number of H-pyrrole nitrogens is 3. The zero-order chi connectivity index (χ0) is 17.2. The number of ether oxygens (including phenoxy) is 1. The fraction of sp³-hybridized carbons (Fsp3) is 0.143. The number of nitrogens with one attached hydrogen (secondary N) is 3. The van der Waals surface area contributed by atoms with Crippen LogP contribution in [0, 0.1) is 0 Å². The Kier molecular flexibility index (Phi) is 3.94. The molecular formula is C21H21N3O. The Morgan fingerprint density at radius 1 is 0.920 bits per heavy atom. The average Bonchev–Trinajstić information content (AvgIpc) is 3.33. The molecule has 0 amide bonds. The van der Waals surface area contributed by atoms with Crippen molar-refractivity contribution in [3.05, 3.63) is 64.9 Å². The summed E-state index contributed by atoms with van der Waals surface area (Å²) < 4.78 is 5.55. The minimum absolute atomic E-state index is 0.823. The fourth-order valence-electron chi connectivity index (χ4n) is 3.10. The molecule has 0 spiro atoms. The molecule has 25 heavy (non-hydrogen) atoms. The summed E-state index contributed by atoms with van der Waals surface area (Å²) in [5.74, 6) is 0.823. The van der Waals surface area contributed by atoms with E-state index in [-0.39, 0.29) is 0 Å². The van der Waals surface area contributed by atoms with E-state index in [1.165, 1.54) is 5.39 Å². The molecule has 0 aliphatic rings. The molecule has 3 heterocycles. The van der Waals surface area contributed by atoms with Gasteiger partial charge in [0.2, 0.25) is 0 Å². The number of rotatable bonds is 4. The molecule has 0 saturated heterocycles. The number of hydrogen-bond donors (Lipinski definition) is 3. The number of hydrogen-bond acceptors (Lipinski definition) is 1. The first-order valence-electron chi connectivity index (χ1n) is 8.49. The van der Waals surface area contributed by atoms with Gasteiger partial charge in [0.15, 0.2) is 0 Å². The van der Waals surface area contributed by atoms with Gasteiger partial charge in [-0.3, -0.25) is 0 Å². The second-order valence-electron chi connectivity index (χ2n) is 6.06. The molecule has 0 aliphatic carbocycles. The highest BCUT2D eigenvalue weighted by Crippen LogP contribution is 2.29. The number of methoxy groups -OCH3 is 1. The first-order valence-corrected chi connectivity index (χ1v) is 8.49. The molecule has 0 fully saturated rings. The van der Waals surface area contributed by atoms with Gasteiger partial charge in [0.1, 0.15) is 5.75 Å². The van der Waals surface area contributed by atoms with E-state index in [4.69, 9.17) is 4.74 Å². The first kappa shape index (κ1) is 15.4. The van der Waals surface area contributed by atoms with Crippen molar-refractivity contribution in [1.82, 2.24) is 15.0 Å². The van der Waals surface area contributed by atoms with E-state index >= 15 is 0 Å². The number of fused-ring (bicyclic) bond motifs is 1. The smallest absolute Gasteiger partial charge is 0.144 e. The Bertz CT molecular complexity index is 1090. The molecule has 126 valence electrons. The number of para-hydroxylation sites is 1. The third-order valence-electron chi connectivity index (χ3n) is 4.31. The summed E-state index contributed by atoms with van der Waals surface area (Å²) >= 11 is 0. The Morgan fingerprint density at radius 2 is 1.72 bits per heavy atom. The molecule has 0 atom stereocenters. The Hall–Kier alpha value is -3.14. The summed E-state index contributed by atoms with van der Waals surface area (Å²) in [4.78, 5) is 10.3. The Balaban J connectivity index is 1.77. The molecule has 4 rings (SSSR count). The summed E-state index contributed by atoms with van der Waals surface area (Å²) in [5, 5.41) is 3.37. The van der Waals surface area contributed by atoms with Crippen molar-refractivity contribution in [2.45, 2.75) is 13.3 Å². The minimum atomic E-state index is 0.823. The highest BCUT2D eigenvalue weighted by Gasteiger charge is 2.10. The molecule has 4 heteroatoms. The van der Waals surface area contributed by atoms with Crippen molar-refractivity contribution >= 4 is 23.1 Å². The molecule has 3 N–H and O–H groups in total. The van der Waals surface area contributed by atoms with Crippen molar-refractivity contribution in [2.75, 3.05) is 7.11 Å². The van der Waals surface area contributed by atoms with Crippen LogP contribution in [0.25, 0.3) is 34.4 Å². The highest BCUT2D eigenvalue weighted by molar-refractivity contribution is 5.85. The van der Waals surface area contributed by atoms with Gasteiger partial charge in [0.25, 0.3) is 0 Å². The van der Waals surface area contributed by atoms with E-state index in [0.29, 0.717) is 0 Å².